The molecule has 10 nitrogen and oxygen atoms in total. The lowest BCUT2D eigenvalue weighted by Gasteiger charge is -2.49. The quantitative estimate of drug-likeness (QED) is 0.302. The second-order valence-corrected chi connectivity index (χ2v) is 17.4. The van der Waals surface area contributed by atoms with Crippen molar-refractivity contribution in [3.05, 3.63) is 0 Å². The van der Waals surface area contributed by atoms with E-state index in [1.165, 1.54) is 0 Å². The maximum atomic E-state index is 14.6. The van der Waals surface area contributed by atoms with Gasteiger partial charge in [-0.05, 0) is 42.0 Å². The summed E-state index contributed by atoms with van der Waals surface area (Å²) in [4.78, 5) is 0. The molecule has 2 fully saturated rings. The highest BCUT2D eigenvalue weighted by Gasteiger charge is 2.51. The Morgan fingerprint density at radius 3 is 2.15 bits per heavy atom. The lowest BCUT2D eigenvalue weighted by atomic mass is 9.98. The van der Waals surface area contributed by atoms with E-state index in [9.17, 15) is 9.13 Å². The molecule has 0 aromatic rings. The number of hydrogen-bond donors (Lipinski definition) is 1. The first-order valence-electron chi connectivity index (χ1n) is 12.2. The molecule has 0 aliphatic carbocycles. The standard InChI is InChI=1S/C20H46B2N4O6P2/c1-15(2)33(27,24(5)6)30-14-17-11-26(12-19(22)32-17)34(28,25(7)8)20(3,4)29-13-16-9-23-10-18(21)31-16/h15-19,23H,9-14,21-22H2,1-8H3. The van der Waals surface area contributed by atoms with E-state index in [-0.39, 0.29) is 36.5 Å². The fraction of sp³-hybridized carbons (Fsp3) is 1.00. The molecule has 0 radical (unpaired) electrons. The van der Waals surface area contributed by atoms with Crippen molar-refractivity contribution in [1.29, 1.82) is 0 Å². The van der Waals surface area contributed by atoms with Crippen molar-refractivity contribution in [2.45, 2.75) is 62.9 Å². The van der Waals surface area contributed by atoms with Crippen molar-refractivity contribution < 1.29 is 27.9 Å². The maximum absolute atomic E-state index is 14.6. The highest BCUT2D eigenvalue weighted by Crippen LogP contribution is 2.63. The Balaban J connectivity index is 2.15. The topological polar surface area (TPSA) is 92.8 Å². The van der Waals surface area contributed by atoms with Crippen molar-refractivity contribution in [1.82, 2.24) is 19.3 Å². The summed E-state index contributed by atoms with van der Waals surface area (Å²) in [6, 6.07) is -0.0353. The molecule has 2 aliphatic heterocycles. The molecule has 0 aromatic carbocycles. The first kappa shape index (κ1) is 30.5. The first-order valence-corrected chi connectivity index (χ1v) is 15.5. The minimum absolute atomic E-state index is 0.0837. The third kappa shape index (κ3) is 6.97. The molecule has 0 amide bonds. The van der Waals surface area contributed by atoms with Crippen molar-refractivity contribution >= 4 is 30.7 Å². The van der Waals surface area contributed by atoms with Gasteiger partial charge in [-0.1, -0.05) is 13.8 Å². The molecule has 198 valence electrons. The Kier molecular flexibility index (Phi) is 10.9. The molecule has 1 N–H and O–H groups in total. The third-order valence-electron chi connectivity index (χ3n) is 6.44. The highest BCUT2D eigenvalue weighted by molar-refractivity contribution is 7.60. The summed E-state index contributed by atoms with van der Waals surface area (Å²) < 4.78 is 57.7. The van der Waals surface area contributed by atoms with Crippen LogP contribution in [-0.4, -0.2) is 133 Å². The average Bonchev–Trinajstić information content (AvgIpc) is 2.74. The zero-order valence-electron chi connectivity index (χ0n) is 22.8. The van der Waals surface area contributed by atoms with Crippen LogP contribution >= 0.6 is 15.0 Å². The summed E-state index contributed by atoms with van der Waals surface area (Å²) in [5.41, 5.74) is -0.140. The number of nitrogens with one attached hydrogen (secondary N) is 1. The summed E-state index contributed by atoms with van der Waals surface area (Å²) in [5.74, 6) is 0. The summed E-state index contributed by atoms with van der Waals surface area (Å²) in [7, 11) is 5.03. The predicted octanol–water partition coefficient (Wildman–Crippen LogP) is 0.281. The minimum Gasteiger partial charge on any atom is -0.379 e. The van der Waals surface area contributed by atoms with Crippen LogP contribution in [0.5, 0.6) is 0 Å². The molecule has 6 unspecified atom stereocenters. The lowest BCUT2D eigenvalue weighted by Crippen LogP contribution is -2.53. The van der Waals surface area contributed by atoms with E-state index in [0.717, 1.165) is 6.54 Å². The maximum Gasteiger partial charge on any atom is 0.274 e. The monoisotopic (exact) mass is 522 g/mol. The van der Waals surface area contributed by atoms with Crippen molar-refractivity contribution in [3.8, 4) is 0 Å². The molecule has 0 bridgehead atoms. The van der Waals surface area contributed by atoms with Gasteiger partial charge in [-0.15, -0.1) is 0 Å². The molecule has 14 heteroatoms. The fourth-order valence-corrected chi connectivity index (χ4v) is 9.76. The van der Waals surface area contributed by atoms with Gasteiger partial charge in [0.05, 0.1) is 25.4 Å². The summed E-state index contributed by atoms with van der Waals surface area (Å²) in [6.07, 6.45) is -0.439. The number of ether oxygens (including phenoxy) is 3. The summed E-state index contributed by atoms with van der Waals surface area (Å²) >= 11 is 0. The van der Waals surface area contributed by atoms with Crippen LogP contribution in [0, 0.1) is 0 Å². The Morgan fingerprint density at radius 1 is 1.00 bits per heavy atom. The fourth-order valence-electron chi connectivity index (χ4n) is 4.68. The van der Waals surface area contributed by atoms with Gasteiger partial charge in [0.15, 0.2) is 0 Å². The molecule has 0 spiro atoms. The molecular formula is C20H46B2N4O6P2. The molecule has 2 aliphatic rings. The largest absolute Gasteiger partial charge is 0.379 e. The van der Waals surface area contributed by atoms with E-state index in [0.29, 0.717) is 26.2 Å². The van der Waals surface area contributed by atoms with Gasteiger partial charge in [0.25, 0.3) is 7.52 Å². The van der Waals surface area contributed by atoms with Crippen LogP contribution in [0.4, 0.5) is 0 Å². The molecule has 6 atom stereocenters. The van der Waals surface area contributed by atoms with E-state index >= 15 is 0 Å². The van der Waals surface area contributed by atoms with E-state index in [2.05, 4.69) is 5.32 Å². The van der Waals surface area contributed by atoms with Gasteiger partial charge < -0.3 is 24.1 Å². The molecule has 0 aromatic heterocycles. The Bertz CT molecular complexity index is 749. The molecule has 2 saturated heterocycles. The summed E-state index contributed by atoms with van der Waals surface area (Å²) in [6.45, 7) is 10.5. The second kappa shape index (κ2) is 12.2. The zero-order valence-corrected chi connectivity index (χ0v) is 24.6. The molecule has 0 saturated carbocycles. The van der Waals surface area contributed by atoms with Crippen LogP contribution in [-0.2, 0) is 27.9 Å². The van der Waals surface area contributed by atoms with Gasteiger partial charge in [0.2, 0.25) is 7.44 Å². The third-order valence-corrected chi connectivity index (χ3v) is 13.1. The SMILES string of the molecule is BC1CNCC(COC(C)(C)P(=O)(N(C)C)N2CC(B)OC(COP(=O)(C(C)C)N(C)C)C2)O1. The van der Waals surface area contributed by atoms with Crippen LogP contribution in [0.3, 0.4) is 0 Å². The number of rotatable bonds is 11. The van der Waals surface area contributed by atoms with Gasteiger partial charge in [-0.3, -0.25) is 9.13 Å². The van der Waals surface area contributed by atoms with Gasteiger partial charge in [0.1, 0.15) is 21.0 Å². The smallest absolute Gasteiger partial charge is 0.274 e. The van der Waals surface area contributed by atoms with Crippen molar-refractivity contribution in [3.63, 3.8) is 0 Å². The van der Waals surface area contributed by atoms with E-state index in [1.54, 1.807) is 23.4 Å². The molecule has 2 rings (SSSR count). The summed E-state index contributed by atoms with van der Waals surface area (Å²) in [5, 5.41) is 2.40. The van der Waals surface area contributed by atoms with Gasteiger partial charge in [0, 0.05) is 43.8 Å². The Morgan fingerprint density at radius 2 is 1.62 bits per heavy atom. The van der Waals surface area contributed by atoms with Crippen LogP contribution in [0.25, 0.3) is 0 Å². The molecular weight excluding hydrogens is 476 g/mol. The van der Waals surface area contributed by atoms with Crippen molar-refractivity contribution in [2.75, 3.05) is 67.6 Å². The van der Waals surface area contributed by atoms with E-state index in [1.807, 2.05) is 62.2 Å². The first-order chi connectivity index (χ1) is 15.6. The zero-order chi connectivity index (χ0) is 25.9. The minimum atomic E-state index is -3.18. The normalized spacial score (nSPS) is 31.0. The number of hydrogen-bond acceptors (Lipinski definition) is 7. The number of nitrogens with zero attached hydrogens (tertiary/aromatic N) is 3. The average molecular weight is 522 g/mol. The van der Waals surface area contributed by atoms with E-state index in [4.69, 9.17) is 18.7 Å². The Hall–Kier alpha value is 0.270. The number of morpholine rings is 2. The predicted molar refractivity (Wildman–Crippen MR) is 143 cm³/mol. The van der Waals surface area contributed by atoms with Gasteiger partial charge >= 0.3 is 0 Å². The van der Waals surface area contributed by atoms with Crippen molar-refractivity contribution in [2.24, 2.45) is 0 Å². The highest BCUT2D eigenvalue weighted by atomic mass is 31.2. The molecule has 2 heterocycles. The van der Waals surface area contributed by atoms with Gasteiger partial charge in [-0.25, -0.2) is 14.0 Å². The second-order valence-electron chi connectivity index (χ2n) is 10.6. The molecule has 34 heavy (non-hydrogen) atoms. The lowest BCUT2D eigenvalue weighted by molar-refractivity contribution is -0.0790. The Labute approximate surface area is 208 Å². The van der Waals surface area contributed by atoms with E-state index < -0.39 is 20.3 Å². The van der Waals surface area contributed by atoms with Crippen LogP contribution in [0.1, 0.15) is 27.7 Å². The van der Waals surface area contributed by atoms with Crippen LogP contribution < -0.4 is 5.32 Å². The van der Waals surface area contributed by atoms with Crippen LogP contribution in [0.2, 0.25) is 0 Å². The van der Waals surface area contributed by atoms with Gasteiger partial charge in [-0.2, -0.15) is 0 Å². The van der Waals surface area contributed by atoms with Crippen LogP contribution in [0.15, 0.2) is 0 Å².